The Morgan fingerprint density at radius 1 is 1.00 bits per heavy atom. The molecule has 0 saturated heterocycles. The van der Waals surface area contributed by atoms with Crippen LogP contribution in [-0.2, 0) is 0 Å². The van der Waals surface area contributed by atoms with Crippen LogP contribution in [0.25, 0.3) is 0 Å². The first-order chi connectivity index (χ1) is 10.0. The number of hydrogen-bond donors (Lipinski definition) is 0. The third-order valence-electron chi connectivity index (χ3n) is 6.43. The standard InChI is InChI=1S/C20H34N/c1-15(2)21-18-12-8-7-11-17(18)20(3,4)19(21)14-13-16-9-5-6-10-16/h13-18H,5-12H2,1-4H3/q+1/b14-13+. The summed E-state index contributed by atoms with van der Waals surface area (Å²) in [6, 6.07) is 1.44. The van der Waals surface area contributed by atoms with Gasteiger partial charge in [-0.2, -0.15) is 0 Å². The quantitative estimate of drug-likeness (QED) is 0.628. The van der Waals surface area contributed by atoms with E-state index in [2.05, 4.69) is 44.4 Å². The van der Waals surface area contributed by atoms with Crippen molar-refractivity contribution in [2.24, 2.45) is 17.3 Å². The van der Waals surface area contributed by atoms with E-state index in [0.717, 1.165) is 17.9 Å². The highest BCUT2D eigenvalue weighted by atomic mass is 15.1. The molecule has 0 N–H and O–H groups in total. The van der Waals surface area contributed by atoms with E-state index < -0.39 is 0 Å². The van der Waals surface area contributed by atoms with E-state index in [1.807, 2.05) is 0 Å². The molecule has 3 rings (SSSR count). The Labute approximate surface area is 131 Å². The van der Waals surface area contributed by atoms with E-state index in [1.54, 1.807) is 5.71 Å². The summed E-state index contributed by atoms with van der Waals surface area (Å²) in [4.78, 5) is 0. The van der Waals surface area contributed by atoms with Gasteiger partial charge in [0.25, 0.3) is 0 Å². The van der Waals surface area contributed by atoms with E-state index in [9.17, 15) is 0 Å². The molecule has 0 bridgehead atoms. The second-order valence-corrected chi connectivity index (χ2v) is 8.47. The Balaban J connectivity index is 1.92. The summed E-state index contributed by atoms with van der Waals surface area (Å²) >= 11 is 0. The number of nitrogens with zero attached hydrogens (tertiary/aromatic N) is 1. The molecule has 3 aliphatic rings. The van der Waals surface area contributed by atoms with Crippen LogP contribution in [0.5, 0.6) is 0 Å². The summed E-state index contributed by atoms with van der Waals surface area (Å²) in [5, 5.41) is 0. The van der Waals surface area contributed by atoms with Crippen LogP contribution >= 0.6 is 0 Å². The van der Waals surface area contributed by atoms with Gasteiger partial charge in [-0.25, -0.2) is 4.58 Å². The molecular formula is C20H34N+. The van der Waals surface area contributed by atoms with Crippen molar-refractivity contribution < 1.29 is 4.58 Å². The van der Waals surface area contributed by atoms with Crippen LogP contribution in [0.15, 0.2) is 12.2 Å². The van der Waals surface area contributed by atoms with Crippen LogP contribution < -0.4 is 0 Å². The van der Waals surface area contributed by atoms with Gasteiger partial charge in [-0.3, -0.25) is 0 Å². The van der Waals surface area contributed by atoms with Crippen molar-refractivity contribution in [3.63, 3.8) is 0 Å². The second-order valence-electron chi connectivity index (χ2n) is 8.47. The summed E-state index contributed by atoms with van der Waals surface area (Å²) < 4.78 is 2.79. The van der Waals surface area contributed by atoms with Crippen LogP contribution in [0.1, 0.15) is 79.1 Å². The minimum absolute atomic E-state index is 0.366. The maximum atomic E-state index is 2.79. The van der Waals surface area contributed by atoms with Crippen molar-refractivity contribution in [1.82, 2.24) is 0 Å². The molecule has 1 heterocycles. The zero-order chi connectivity index (χ0) is 15.0. The lowest BCUT2D eigenvalue weighted by molar-refractivity contribution is -0.594. The highest BCUT2D eigenvalue weighted by Gasteiger charge is 2.54. The van der Waals surface area contributed by atoms with Crippen molar-refractivity contribution in [2.75, 3.05) is 0 Å². The molecule has 21 heavy (non-hydrogen) atoms. The highest BCUT2D eigenvalue weighted by molar-refractivity contribution is 5.96. The predicted molar refractivity (Wildman–Crippen MR) is 91.0 cm³/mol. The lowest BCUT2D eigenvalue weighted by Crippen LogP contribution is -2.36. The molecule has 2 fully saturated rings. The fourth-order valence-electron chi connectivity index (χ4n) is 5.33. The van der Waals surface area contributed by atoms with Gasteiger partial charge < -0.3 is 0 Å². The topological polar surface area (TPSA) is 3.01 Å². The van der Waals surface area contributed by atoms with Gasteiger partial charge in [-0.05, 0) is 59.3 Å². The number of rotatable bonds is 3. The van der Waals surface area contributed by atoms with Crippen molar-refractivity contribution in [3.05, 3.63) is 12.2 Å². The van der Waals surface area contributed by atoms with Gasteiger partial charge in [0.1, 0.15) is 6.04 Å². The summed E-state index contributed by atoms with van der Waals surface area (Å²) in [5.41, 5.74) is 2.01. The van der Waals surface area contributed by atoms with Crippen molar-refractivity contribution in [2.45, 2.75) is 91.1 Å². The van der Waals surface area contributed by atoms with Gasteiger partial charge in [-0.15, -0.1) is 0 Å². The normalized spacial score (nSPS) is 33.4. The zero-order valence-electron chi connectivity index (χ0n) is 14.6. The Bertz CT molecular complexity index is 435. The number of hydrogen-bond acceptors (Lipinski definition) is 0. The lowest BCUT2D eigenvalue weighted by atomic mass is 9.69. The smallest absolute Gasteiger partial charge is 0.182 e. The van der Waals surface area contributed by atoms with Crippen LogP contribution in [0, 0.1) is 17.3 Å². The lowest BCUT2D eigenvalue weighted by Gasteiger charge is -2.30. The fourth-order valence-corrected chi connectivity index (χ4v) is 5.33. The van der Waals surface area contributed by atoms with E-state index >= 15 is 0 Å². The average Bonchev–Trinajstić information content (AvgIpc) is 3.02. The molecule has 0 amide bonds. The summed E-state index contributed by atoms with van der Waals surface area (Å²) in [6.07, 6.45) is 16.5. The third-order valence-corrected chi connectivity index (χ3v) is 6.43. The Morgan fingerprint density at radius 2 is 1.62 bits per heavy atom. The molecule has 2 atom stereocenters. The van der Waals surface area contributed by atoms with Gasteiger partial charge in [0, 0.05) is 18.4 Å². The third kappa shape index (κ3) is 2.73. The monoisotopic (exact) mass is 288 g/mol. The Hall–Kier alpha value is -0.590. The maximum Gasteiger partial charge on any atom is 0.182 e. The van der Waals surface area contributed by atoms with Gasteiger partial charge in [0.15, 0.2) is 11.8 Å². The summed E-state index contributed by atoms with van der Waals surface area (Å²) in [6.45, 7) is 9.78. The molecule has 1 heteroatoms. The summed E-state index contributed by atoms with van der Waals surface area (Å²) in [5.74, 6) is 1.72. The highest BCUT2D eigenvalue weighted by Crippen LogP contribution is 2.46. The van der Waals surface area contributed by atoms with Crippen LogP contribution in [0.3, 0.4) is 0 Å². The van der Waals surface area contributed by atoms with Crippen LogP contribution in [-0.4, -0.2) is 22.4 Å². The second kappa shape index (κ2) is 5.89. The molecule has 0 radical (unpaired) electrons. The van der Waals surface area contributed by atoms with Crippen molar-refractivity contribution >= 4 is 5.71 Å². The van der Waals surface area contributed by atoms with Gasteiger partial charge in [0.2, 0.25) is 0 Å². The molecular weight excluding hydrogens is 254 g/mol. The number of allylic oxidation sites excluding steroid dienone is 2. The molecule has 118 valence electrons. The van der Waals surface area contributed by atoms with Crippen LogP contribution in [0.4, 0.5) is 0 Å². The first kappa shape index (κ1) is 15.3. The minimum atomic E-state index is 0.366. The molecule has 1 aliphatic heterocycles. The Kier molecular flexibility index (Phi) is 4.30. The SMILES string of the molecule is CC(C)[N+]1=C(/C=C/C2CCCC2)C(C)(C)C2CCCCC21. The van der Waals surface area contributed by atoms with Gasteiger partial charge in [-0.1, -0.05) is 25.3 Å². The molecule has 0 aromatic carbocycles. The van der Waals surface area contributed by atoms with Gasteiger partial charge >= 0.3 is 0 Å². The molecule has 2 saturated carbocycles. The largest absolute Gasteiger partial charge is 0.228 e. The molecule has 2 unspecified atom stereocenters. The minimum Gasteiger partial charge on any atom is -0.228 e. The molecule has 2 aliphatic carbocycles. The molecule has 1 nitrogen and oxygen atoms in total. The van der Waals surface area contributed by atoms with E-state index in [0.29, 0.717) is 11.5 Å². The molecule has 0 spiro atoms. The first-order valence-electron chi connectivity index (χ1n) is 9.36. The van der Waals surface area contributed by atoms with Crippen molar-refractivity contribution in [1.29, 1.82) is 0 Å². The van der Waals surface area contributed by atoms with E-state index in [-0.39, 0.29) is 0 Å². The summed E-state index contributed by atoms with van der Waals surface area (Å²) in [7, 11) is 0. The van der Waals surface area contributed by atoms with E-state index in [1.165, 1.54) is 51.4 Å². The molecule has 0 aromatic heterocycles. The maximum absolute atomic E-state index is 2.79. The van der Waals surface area contributed by atoms with Gasteiger partial charge in [0.05, 0.1) is 5.41 Å². The Morgan fingerprint density at radius 3 is 2.29 bits per heavy atom. The zero-order valence-corrected chi connectivity index (χ0v) is 14.6. The predicted octanol–water partition coefficient (Wildman–Crippen LogP) is 5.19. The van der Waals surface area contributed by atoms with Crippen LogP contribution in [0.2, 0.25) is 0 Å². The average molecular weight is 288 g/mol. The molecule has 0 aromatic rings. The first-order valence-corrected chi connectivity index (χ1v) is 9.36. The van der Waals surface area contributed by atoms with Crippen molar-refractivity contribution in [3.8, 4) is 0 Å². The van der Waals surface area contributed by atoms with E-state index in [4.69, 9.17) is 0 Å². The number of fused-ring (bicyclic) bond motifs is 1. The fraction of sp³-hybridized carbons (Fsp3) is 0.850.